The molecular weight excluding hydrogens is 492 g/mol. The van der Waals surface area contributed by atoms with Crippen molar-refractivity contribution in [2.45, 2.75) is 101 Å². The van der Waals surface area contributed by atoms with Gasteiger partial charge in [0.1, 0.15) is 24.1 Å². The molecule has 9 nitrogen and oxygen atoms in total. The molecule has 9 heteroatoms. The van der Waals surface area contributed by atoms with E-state index in [-0.39, 0.29) is 45.2 Å². The Bertz CT molecular complexity index is 774. The molecule has 1 fully saturated rings. The number of benzene rings is 1. The molecule has 1 aromatic carbocycles. The first-order chi connectivity index (χ1) is 18.4. The van der Waals surface area contributed by atoms with E-state index in [1.807, 2.05) is 12.1 Å². The van der Waals surface area contributed by atoms with Crippen molar-refractivity contribution >= 4 is 0 Å². The third-order valence-electron chi connectivity index (χ3n) is 7.18. The van der Waals surface area contributed by atoms with Crippen molar-refractivity contribution in [2.24, 2.45) is 5.92 Å². The first-order valence-corrected chi connectivity index (χ1v) is 13.9. The van der Waals surface area contributed by atoms with Crippen molar-refractivity contribution in [2.75, 3.05) is 26.4 Å². The zero-order valence-corrected chi connectivity index (χ0v) is 22.7. The third kappa shape index (κ3) is 8.99. The summed E-state index contributed by atoms with van der Waals surface area (Å²) in [6.45, 7) is 5.70. The lowest BCUT2D eigenvalue weighted by atomic mass is 9.77. The molecule has 1 heterocycles. The van der Waals surface area contributed by atoms with Gasteiger partial charge in [-0.25, -0.2) is 0 Å². The maximum Gasteiger partial charge on any atom is 0.232 e. The van der Waals surface area contributed by atoms with Crippen LogP contribution in [0, 0.1) is 5.92 Å². The highest BCUT2D eigenvalue weighted by atomic mass is 16.7. The maximum atomic E-state index is 11.6. The Morgan fingerprint density at radius 2 is 1.71 bits per heavy atom. The van der Waals surface area contributed by atoms with Gasteiger partial charge >= 0.3 is 0 Å². The molecule has 0 spiro atoms. The monoisotopic (exact) mass is 540 g/mol. The molecule has 0 bridgehead atoms. The zero-order chi connectivity index (χ0) is 28.0. The van der Waals surface area contributed by atoms with Gasteiger partial charge in [-0.05, 0) is 68.6 Å². The van der Waals surface area contributed by atoms with Crippen LogP contribution in [0.25, 0.3) is 0 Å². The predicted octanol–water partition coefficient (Wildman–Crippen LogP) is 2.09. The molecule has 0 unspecified atom stereocenters. The Balaban J connectivity index is 2.47. The van der Waals surface area contributed by atoms with Gasteiger partial charge in [-0.2, -0.15) is 0 Å². The Morgan fingerprint density at radius 3 is 2.32 bits per heavy atom. The molecule has 0 radical (unpaired) electrons. The van der Waals surface area contributed by atoms with Crippen LogP contribution < -0.4 is 4.74 Å². The Morgan fingerprint density at radius 1 is 1.03 bits per heavy atom. The first kappa shape index (κ1) is 32.7. The first-order valence-electron chi connectivity index (χ1n) is 13.9. The SMILES string of the molecule is C=CCc1ccc(O[C@H]2O[C@H]([C@H](O)CCCO)[C@@H](O)[C@H](O)[C@]2(C[C@H](CO)CCCO)OCCCCC)cc1. The van der Waals surface area contributed by atoms with Gasteiger partial charge in [0.2, 0.25) is 6.29 Å². The molecule has 6 N–H and O–H groups in total. The lowest BCUT2D eigenvalue weighted by Crippen LogP contribution is -2.70. The molecule has 0 aromatic heterocycles. The smallest absolute Gasteiger partial charge is 0.232 e. The number of aliphatic hydroxyl groups excluding tert-OH is 6. The number of rotatable bonds is 19. The van der Waals surface area contributed by atoms with E-state index < -0.39 is 36.3 Å². The van der Waals surface area contributed by atoms with E-state index in [0.717, 1.165) is 18.4 Å². The second kappa shape index (κ2) is 17.2. The summed E-state index contributed by atoms with van der Waals surface area (Å²) in [5.74, 6) is 0.0862. The van der Waals surface area contributed by atoms with E-state index in [1.54, 1.807) is 18.2 Å². The van der Waals surface area contributed by atoms with E-state index in [4.69, 9.17) is 14.2 Å². The van der Waals surface area contributed by atoms with Gasteiger partial charge < -0.3 is 44.8 Å². The molecule has 1 aliphatic heterocycles. The molecule has 1 saturated heterocycles. The molecule has 7 atom stereocenters. The molecule has 0 aliphatic carbocycles. The Kier molecular flexibility index (Phi) is 14.8. The van der Waals surface area contributed by atoms with E-state index >= 15 is 0 Å². The summed E-state index contributed by atoms with van der Waals surface area (Å²) in [4.78, 5) is 0. The lowest BCUT2D eigenvalue weighted by molar-refractivity contribution is -0.344. The summed E-state index contributed by atoms with van der Waals surface area (Å²) >= 11 is 0. The van der Waals surface area contributed by atoms with Gasteiger partial charge in [-0.3, -0.25) is 0 Å². The summed E-state index contributed by atoms with van der Waals surface area (Å²) in [6.07, 6.45) is 0.00716. The molecule has 218 valence electrons. The fourth-order valence-electron chi connectivity index (χ4n) is 4.98. The second-order valence-corrected chi connectivity index (χ2v) is 10.2. The van der Waals surface area contributed by atoms with Gasteiger partial charge in [0.25, 0.3) is 0 Å². The minimum Gasteiger partial charge on any atom is -0.462 e. The minimum atomic E-state index is -1.55. The number of hydrogen-bond acceptors (Lipinski definition) is 9. The van der Waals surface area contributed by atoms with Gasteiger partial charge in [0.05, 0.1) is 6.10 Å². The average Bonchev–Trinajstić information content (AvgIpc) is 2.93. The largest absolute Gasteiger partial charge is 0.462 e. The summed E-state index contributed by atoms with van der Waals surface area (Å²) < 4.78 is 18.8. The molecule has 2 rings (SSSR count). The molecular formula is C29H48O9. The van der Waals surface area contributed by atoms with E-state index in [9.17, 15) is 30.6 Å². The van der Waals surface area contributed by atoms with Gasteiger partial charge in [0.15, 0.2) is 5.60 Å². The zero-order valence-electron chi connectivity index (χ0n) is 22.7. The van der Waals surface area contributed by atoms with Crippen molar-refractivity contribution in [3.8, 4) is 5.75 Å². The number of unbranched alkanes of at least 4 members (excludes halogenated alkanes) is 2. The number of aliphatic hydroxyl groups is 6. The highest BCUT2D eigenvalue weighted by Gasteiger charge is 2.59. The standard InChI is InChI=1S/C29H48O9/c1-3-5-6-18-36-29(19-22(20-32)10-7-16-30)27(35)25(34)26(24(33)11-8-17-31)38-28(29)37-23-14-12-21(9-4-2)13-15-23/h4,12-15,22,24-28,30-35H,2-3,5-11,16-20H2,1H3/t22-,24-,25-,26-,27+,28+,29+/m1/s1. The van der Waals surface area contributed by atoms with Gasteiger partial charge in [0, 0.05) is 26.4 Å². The highest BCUT2D eigenvalue weighted by Crippen LogP contribution is 2.41. The molecule has 1 aromatic rings. The summed E-state index contributed by atoms with van der Waals surface area (Å²) in [7, 11) is 0. The van der Waals surface area contributed by atoms with E-state index in [0.29, 0.717) is 37.9 Å². The summed E-state index contributed by atoms with van der Waals surface area (Å²) in [5, 5.41) is 62.1. The van der Waals surface area contributed by atoms with E-state index in [2.05, 4.69) is 13.5 Å². The van der Waals surface area contributed by atoms with Crippen LogP contribution in [0.2, 0.25) is 0 Å². The van der Waals surface area contributed by atoms with Crippen LogP contribution in [-0.4, -0.2) is 93.4 Å². The molecule has 0 amide bonds. The van der Waals surface area contributed by atoms with Crippen LogP contribution in [0.4, 0.5) is 0 Å². The lowest BCUT2D eigenvalue weighted by Gasteiger charge is -2.52. The van der Waals surface area contributed by atoms with Gasteiger partial charge in [-0.15, -0.1) is 6.58 Å². The molecule has 1 aliphatic rings. The van der Waals surface area contributed by atoms with Crippen LogP contribution in [0.5, 0.6) is 5.75 Å². The number of hydrogen-bond donors (Lipinski definition) is 6. The van der Waals surface area contributed by atoms with Gasteiger partial charge in [-0.1, -0.05) is 38.0 Å². The molecule has 0 saturated carbocycles. The Hall–Kier alpha value is -1.56. The fraction of sp³-hybridized carbons (Fsp3) is 0.724. The van der Waals surface area contributed by atoms with Crippen LogP contribution in [0.3, 0.4) is 0 Å². The summed E-state index contributed by atoms with van der Waals surface area (Å²) in [5.41, 5.74) is -0.515. The number of ether oxygens (including phenoxy) is 3. The van der Waals surface area contributed by atoms with Crippen molar-refractivity contribution in [1.29, 1.82) is 0 Å². The predicted molar refractivity (Wildman–Crippen MR) is 144 cm³/mol. The summed E-state index contributed by atoms with van der Waals surface area (Å²) in [6, 6.07) is 7.32. The quantitative estimate of drug-likeness (QED) is 0.115. The second-order valence-electron chi connectivity index (χ2n) is 10.2. The Labute approximate surface area is 226 Å². The average molecular weight is 541 g/mol. The van der Waals surface area contributed by atoms with Crippen LogP contribution in [-0.2, 0) is 15.9 Å². The normalized spacial score (nSPS) is 27.1. The maximum absolute atomic E-state index is 11.6. The third-order valence-corrected chi connectivity index (χ3v) is 7.18. The minimum absolute atomic E-state index is 0.0430. The van der Waals surface area contributed by atoms with Crippen molar-refractivity contribution < 1.29 is 44.8 Å². The van der Waals surface area contributed by atoms with Crippen molar-refractivity contribution in [1.82, 2.24) is 0 Å². The van der Waals surface area contributed by atoms with Crippen LogP contribution in [0.15, 0.2) is 36.9 Å². The van der Waals surface area contributed by atoms with E-state index in [1.165, 1.54) is 0 Å². The fourth-order valence-corrected chi connectivity index (χ4v) is 4.98. The highest BCUT2D eigenvalue weighted by molar-refractivity contribution is 5.29. The van der Waals surface area contributed by atoms with Crippen LogP contribution >= 0.6 is 0 Å². The van der Waals surface area contributed by atoms with Crippen LogP contribution in [0.1, 0.15) is 63.9 Å². The van der Waals surface area contributed by atoms with Crippen molar-refractivity contribution in [3.05, 3.63) is 42.5 Å². The molecule has 38 heavy (non-hydrogen) atoms. The topological polar surface area (TPSA) is 149 Å². The van der Waals surface area contributed by atoms with Crippen molar-refractivity contribution in [3.63, 3.8) is 0 Å². The number of allylic oxidation sites excluding steroid dienone is 1.